The van der Waals surface area contributed by atoms with Gasteiger partial charge in [-0.15, -0.1) is 5.10 Å². The first-order valence-corrected chi connectivity index (χ1v) is 10.9. The van der Waals surface area contributed by atoms with Gasteiger partial charge in [0.05, 0.1) is 39.1 Å². The summed E-state index contributed by atoms with van der Waals surface area (Å²) in [5.41, 5.74) is 2.58. The van der Waals surface area contributed by atoms with E-state index >= 15 is 0 Å². The number of non-ortho nitro benzene ring substituents is 1. The third-order valence-electron chi connectivity index (χ3n) is 4.97. The zero-order chi connectivity index (χ0) is 22.8. The van der Waals surface area contributed by atoms with Crippen molar-refractivity contribution in [2.24, 2.45) is 0 Å². The minimum absolute atomic E-state index is 0.0101. The van der Waals surface area contributed by atoms with E-state index in [1.165, 1.54) is 23.9 Å². The molecule has 0 amide bonds. The molecule has 0 N–H and O–H groups in total. The van der Waals surface area contributed by atoms with Crippen LogP contribution in [0.2, 0.25) is 0 Å². The molecule has 9 nitrogen and oxygen atoms in total. The molecule has 3 aromatic carbocycles. The Balaban J connectivity index is 1.45. The van der Waals surface area contributed by atoms with Crippen LogP contribution >= 0.6 is 11.8 Å². The van der Waals surface area contributed by atoms with Crippen LogP contribution in [0.4, 0.5) is 5.69 Å². The summed E-state index contributed by atoms with van der Waals surface area (Å²) in [5, 5.41) is 20.3. The molecule has 2 heterocycles. The fourth-order valence-electron chi connectivity index (χ4n) is 3.37. The van der Waals surface area contributed by atoms with Gasteiger partial charge in [0.1, 0.15) is 0 Å². The van der Waals surface area contributed by atoms with Crippen molar-refractivity contribution < 1.29 is 4.92 Å². The van der Waals surface area contributed by atoms with Crippen LogP contribution in [0, 0.1) is 10.1 Å². The van der Waals surface area contributed by atoms with E-state index in [0.717, 1.165) is 5.69 Å². The molecule has 5 aromatic rings. The number of thioether (sulfide) groups is 1. The van der Waals surface area contributed by atoms with Crippen LogP contribution in [-0.2, 0) is 5.75 Å². The Bertz CT molecular complexity index is 1510. The summed E-state index contributed by atoms with van der Waals surface area (Å²) in [6, 6.07) is 22.7. The maximum Gasteiger partial charge on any atom is 0.269 e. The summed E-state index contributed by atoms with van der Waals surface area (Å²) in [5.74, 6) is 0.435. The quantitative estimate of drug-likeness (QED) is 0.163. The first-order valence-electron chi connectivity index (χ1n) is 9.96. The highest BCUT2D eigenvalue weighted by molar-refractivity contribution is 7.98. The van der Waals surface area contributed by atoms with Crippen molar-refractivity contribution in [1.82, 2.24) is 24.5 Å². The molecule has 0 spiro atoms. The van der Waals surface area contributed by atoms with Gasteiger partial charge in [0.2, 0.25) is 0 Å². The maximum atomic E-state index is 13.3. The first kappa shape index (κ1) is 20.6. The molecular formula is C23H16N6O3S. The number of benzene rings is 3. The number of hydrogen-bond donors (Lipinski definition) is 0. The molecule has 33 heavy (non-hydrogen) atoms. The van der Waals surface area contributed by atoms with Crippen molar-refractivity contribution >= 4 is 28.4 Å². The summed E-state index contributed by atoms with van der Waals surface area (Å²) in [6.07, 6.45) is 1.75. The van der Waals surface area contributed by atoms with Crippen LogP contribution in [-0.4, -0.2) is 29.5 Å². The summed E-state index contributed by atoms with van der Waals surface area (Å²) in [6.45, 7) is 0. The predicted octanol–water partition coefficient (Wildman–Crippen LogP) is 4.17. The molecule has 0 saturated carbocycles. The lowest BCUT2D eigenvalue weighted by Gasteiger charge is -2.12. The fraction of sp³-hybridized carbons (Fsp3) is 0.0435. The van der Waals surface area contributed by atoms with Crippen LogP contribution in [0.3, 0.4) is 0 Å². The molecule has 2 aromatic heterocycles. The highest BCUT2D eigenvalue weighted by Crippen LogP contribution is 2.24. The van der Waals surface area contributed by atoms with Crippen LogP contribution in [0.1, 0.15) is 5.69 Å². The van der Waals surface area contributed by atoms with E-state index in [0.29, 0.717) is 33.2 Å². The number of nitro benzene ring substituents is 1. The largest absolute Gasteiger partial charge is 0.269 e. The number of fused-ring (bicyclic) bond motifs is 1. The van der Waals surface area contributed by atoms with Gasteiger partial charge in [-0.3, -0.25) is 19.5 Å². The van der Waals surface area contributed by atoms with Gasteiger partial charge < -0.3 is 0 Å². The Morgan fingerprint density at radius 3 is 2.39 bits per heavy atom. The van der Waals surface area contributed by atoms with Crippen LogP contribution in [0.25, 0.3) is 22.3 Å². The molecule has 162 valence electrons. The Kier molecular flexibility index (Phi) is 5.41. The molecule has 0 aliphatic rings. The zero-order valence-corrected chi connectivity index (χ0v) is 17.9. The van der Waals surface area contributed by atoms with Gasteiger partial charge in [-0.05, 0) is 36.4 Å². The number of para-hydroxylation sites is 2. The topological polar surface area (TPSA) is 109 Å². The molecule has 0 aliphatic carbocycles. The van der Waals surface area contributed by atoms with Gasteiger partial charge >= 0.3 is 0 Å². The van der Waals surface area contributed by atoms with E-state index in [-0.39, 0.29) is 11.2 Å². The van der Waals surface area contributed by atoms with Gasteiger partial charge in [-0.1, -0.05) is 47.3 Å². The van der Waals surface area contributed by atoms with E-state index in [2.05, 4.69) is 10.3 Å². The first-order chi connectivity index (χ1) is 16.1. The number of nitrogens with zero attached hydrogens (tertiary/aromatic N) is 6. The number of nitro groups is 1. The number of aromatic nitrogens is 5. The lowest BCUT2D eigenvalue weighted by Crippen LogP contribution is -2.21. The van der Waals surface area contributed by atoms with Gasteiger partial charge in [0.15, 0.2) is 5.16 Å². The van der Waals surface area contributed by atoms with Crippen molar-refractivity contribution in [3.63, 3.8) is 0 Å². The van der Waals surface area contributed by atoms with Crippen molar-refractivity contribution in [2.45, 2.75) is 10.9 Å². The number of rotatable bonds is 6. The van der Waals surface area contributed by atoms with E-state index in [9.17, 15) is 14.9 Å². The lowest BCUT2D eigenvalue weighted by atomic mass is 10.2. The predicted molar refractivity (Wildman–Crippen MR) is 125 cm³/mol. The van der Waals surface area contributed by atoms with Crippen molar-refractivity contribution in [3.05, 3.63) is 111 Å². The minimum atomic E-state index is -0.448. The molecule has 0 bridgehead atoms. The molecule has 0 unspecified atom stereocenters. The van der Waals surface area contributed by atoms with Gasteiger partial charge in [-0.2, -0.15) is 0 Å². The summed E-state index contributed by atoms with van der Waals surface area (Å²) in [4.78, 5) is 28.4. The van der Waals surface area contributed by atoms with Crippen molar-refractivity contribution in [1.29, 1.82) is 0 Å². The van der Waals surface area contributed by atoms with E-state index in [1.54, 1.807) is 33.6 Å². The second kappa shape index (κ2) is 8.67. The van der Waals surface area contributed by atoms with E-state index in [1.807, 2.05) is 48.5 Å². The Hall–Kier alpha value is -4.31. The van der Waals surface area contributed by atoms with Crippen molar-refractivity contribution in [3.8, 4) is 11.4 Å². The number of hydrogen-bond acceptors (Lipinski definition) is 7. The summed E-state index contributed by atoms with van der Waals surface area (Å²) in [7, 11) is 0. The smallest absolute Gasteiger partial charge is 0.268 e. The molecule has 0 aliphatic heterocycles. The minimum Gasteiger partial charge on any atom is -0.268 e. The third kappa shape index (κ3) is 4.11. The van der Waals surface area contributed by atoms with E-state index < -0.39 is 4.92 Å². The Morgan fingerprint density at radius 2 is 1.64 bits per heavy atom. The third-order valence-corrected chi connectivity index (χ3v) is 5.95. The van der Waals surface area contributed by atoms with Crippen LogP contribution < -0.4 is 5.56 Å². The highest BCUT2D eigenvalue weighted by Gasteiger charge is 2.14. The summed E-state index contributed by atoms with van der Waals surface area (Å²) < 4.78 is 3.16. The fourth-order valence-corrected chi connectivity index (χ4v) is 4.26. The second-order valence-corrected chi connectivity index (χ2v) is 8.05. The standard InChI is InChI=1S/C23H16N6O3S/c30-22-20-8-4-5-9-21(20)24-23(28(22)18-6-2-1-3-7-18)33-15-16-14-27(26-25-16)17-10-12-19(13-11-17)29(31)32/h1-14H,15H2. The zero-order valence-electron chi connectivity index (χ0n) is 17.1. The average molecular weight is 456 g/mol. The maximum absolute atomic E-state index is 13.3. The second-order valence-electron chi connectivity index (χ2n) is 7.10. The van der Waals surface area contributed by atoms with Crippen LogP contribution in [0.15, 0.2) is 95.0 Å². The summed E-state index contributed by atoms with van der Waals surface area (Å²) >= 11 is 1.39. The molecule has 0 radical (unpaired) electrons. The Labute approximate surface area is 191 Å². The Morgan fingerprint density at radius 1 is 0.909 bits per heavy atom. The molecule has 0 saturated heterocycles. The molecule has 10 heteroatoms. The molecule has 0 atom stereocenters. The van der Waals surface area contributed by atoms with Gasteiger partial charge in [0.25, 0.3) is 11.2 Å². The highest BCUT2D eigenvalue weighted by atomic mass is 32.2. The van der Waals surface area contributed by atoms with Crippen molar-refractivity contribution in [2.75, 3.05) is 0 Å². The lowest BCUT2D eigenvalue weighted by molar-refractivity contribution is -0.384. The molecule has 5 rings (SSSR count). The molecular weight excluding hydrogens is 440 g/mol. The van der Waals surface area contributed by atoms with Crippen LogP contribution in [0.5, 0.6) is 0 Å². The normalized spacial score (nSPS) is 11.0. The molecule has 0 fully saturated rings. The SMILES string of the molecule is O=c1c2ccccc2nc(SCc2cn(-c3ccc([N+](=O)[O-])cc3)nn2)n1-c1ccccc1. The average Bonchev–Trinajstić information content (AvgIpc) is 3.32. The van der Waals surface area contributed by atoms with Gasteiger partial charge in [-0.25, -0.2) is 9.67 Å². The van der Waals surface area contributed by atoms with E-state index in [4.69, 9.17) is 4.98 Å². The van der Waals surface area contributed by atoms with Gasteiger partial charge in [0, 0.05) is 17.9 Å². The monoisotopic (exact) mass is 456 g/mol.